The number of rotatable bonds is 4. The van der Waals surface area contributed by atoms with E-state index in [1.165, 1.54) is 11.8 Å². The highest BCUT2D eigenvalue weighted by atomic mass is 16.5. The Hall–Kier alpha value is -2.89. The van der Waals surface area contributed by atoms with E-state index in [9.17, 15) is 9.59 Å². The lowest BCUT2D eigenvalue weighted by Crippen LogP contribution is -2.63. The zero-order valence-electron chi connectivity index (χ0n) is 15.4. The number of aromatic nitrogens is 1. The third-order valence-corrected chi connectivity index (χ3v) is 4.57. The van der Waals surface area contributed by atoms with Crippen LogP contribution in [0.25, 0.3) is 0 Å². The smallest absolute Gasteiger partial charge is 0.282 e. The maximum absolute atomic E-state index is 13.1. The first-order valence-electron chi connectivity index (χ1n) is 8.65. The zero-order valence-corrected chi connectivity index (χ0v) is 15.4. The Kier molecular flexibility index (Phi) is 4.68. The molecule has 2 amide bonds. The summed E-state index contributed by atoms with van der Waals surface area (Å²) in [4.78, 5) is 31.7. The van der Waals surface area contributed by atoms with Crippen molar-refractivity contribution in [3.63, 3.8) is 0 Å². The van der Waals surface area contributed by atoms with Crippen LogP contribution in [0, 0.1) is 6.92 Å². The molecule has 1 aromatic carbocycles. The zero-order chi connectivity index (χ0) is 18.9. The van der Waals surface area contributed by atoms with Gasteiger partial charge in [-0.2, -0.15) is 0 Å². The van der Waals surface area contributed by atoms with Crippen molar-refractivity contribution in [2.24, 2.45) is 0 Å². The molecular weight excluding hydrogens is 330 g/mol. The maximum atomic E-state index is 13.1. The quantitative estimate of drug-likeness (QED) is 0.858. The maximum Gasteiger partial charge on any atom is 0.282 e. The van der Waals surface area contributed by atoms with E-state index in [1.54, 1.807) is 18.3 Å². The number of amides is 2. The standard InChI is InChI=1S/C20H23N3O3/c1-13(2)23-17-16(10-7-11-21-17)26-20(4,19(23)25)18(24)22-12-15-9-6-5-8-14(15)3/h5-11,13H,12H2,1-4H3,(H,22,24)/t20-/m1/s1. The van der Waals surface area contributed by atoms with Crippen LogP contribution in [0.5, 0.6) is 5.75 Å². The molecule has 0 radical (unpaired) electrons. The summed E-state index contributed by atoms with van der Waals surface area (Å²) in [6.07, 6.45) is 1.60. The van der Waals surface area contributed by atoms with Gasteiger partial charge in [-0.25, -0.2) is 4.98 Å². The summed E-state index contributed by atoms with van der Waals surface area (Å²) in [7, 11) is 0. The largest absolute Gasteiger partial charge is 0.464 e. The van der Waals surface area contributed by atoms with Gasteiger partial charge in [0.2, 0.25) is 0 Å². The summed E-state index contributed by atoms with van der Waals surface area (Å²) >= 11 is 0. The second-order valence-electron chi connectivity index (χ2n) is 6.84. The Morgan fingerprint density at radius 2 is 2.00 bits per heavy atom. The average molecular weight is 353 g/mol. The molecule has 1 aliphatic rings. The number of nitrogens with zero attached hydrogens (tertiary/aromatic N) is 2. The average Bonchev–Trinajstić information content (AvgIpc) is 2.61. The van der Waals surface area contributed by atoms with Crippen molar-refractivity contribution in [1.82, 2.24) is 10.3 Å². The fraction of sp³-hybridized carbons (Fsp3) is 0.350. The molecule has 0 saturated carbocycles. The van der Waals surface area contributed by atoms with Gasteiger partial charge in [-0.15, -0.1) is 0 Å². The predicted molar refractivity (Wildman–Crippen MR) is 98.9 cm³/mol. The van der Waals surface area contributed by atoms with Crippen molar-refractivity contribution in [3.05, 3.63) is 53.7 Å². The van der Waals surface area contributed by atoms with E-state index in [0.29, 0.717) is 18.1 Å². The van der Waals surface area contributed by atoms with Crippen LogP contribution in [0.15, 0.2) is 42.6 Å². The first-order chi connectivity index (χ1) is 12.3. The van der Waals surface area contributed by atoms with E-state index < -0.39 is 17.4 Å². The molecule has 2 heterocycles. The molecule has 0 bridgehead atoms. The molecule has 0 saturated heterocycles. The number of nitrogens with one attached hydrogen (secondary N) is 1. The number of fused-ring (bicyclic) bond motifs is 1. The van der Waals surface area contributed by atoms with Crippen molar-refractivity contribution < 1.29 is 14.3 Å². The Morgan fingerprint density at radius 3 is 2.69 bits per heavy atom. The molecule has 6 nitrogen and oxygen atoms in total. The van der Waals surface area contributed by atoms with Crippen molar-refractivity contribution in [1.29, 1.82) is 0 Å². The molecule has 6 heteroatoms. The summed E-state index contributed by atoms with van der Waals surface area (Å²) < 4.78 is 5.83. The number of carbonyl (C=O) groups excluding carboxylic acids is 2. The number of hydrogen-bond acceptors (Lipinski definition) is 4. The monoisotopic (exact) mass is 353 g/mol. The Balaban J connectivity index is 1.87. The molecular formula is C20H23N3O3. The fourth-order valence-corrected chi connectivity index (χ4v) is 3.01. The summed E-state index contributed by atoms with van der Waals surface area (Å²) in [6, 6.07) is 11.1. The number of aryl methyl sites for hydroxylation is 1. The van der Waals surface area contributed by atoms with E-state index in [0.717, 1.165) is 11.1 Å². The van der Waals surface area contributed by atoms with Crippen LogP contribution in [-0.4, -0.2) is 28.4 Å². The minimum absolute atomic E-state index is 0.149. The third-order valence-electron chi connectivity index (χ3n) is 4.57. The van der Waals surface area contributed by atoms with Gasteiger partial charge in [-0.05, 0) is 51.0 Å². The highest BCUT2D eigenvalue weighted by molar-refractivity contribution is 6.16. The lowest BCUT2D eigenvalue weighted by Gasteiger charge is -2.40. The molecule has 3 rings (SSSR count). The Labute approximate surface area is 153 Å². The first kappa shape index (κ1) is 17.9. The molecule has 0 spiro atoms. The van der Waals surface area contributed by atoms with Crippen LogP contribution in [0.1, 0.15) is 31.9 Å². The van der Waals surface area contributed by atoms with Gasteiger partial charge < -0.3 is 10.1 Å². The lowest BCUT2D eigenvalue weighted by atomic mass is 9.99. The van der Waals surface area contributed by atoms with Gasteiger partial charge in [-0.3, -0.25) is 14.5 Å². The summed E-state index contributed by atoms with van der Waals surface area (Å²) in [6.45, 7) is 7.59. The third kappa shape index (κ3) is 3.03. The summed E-state index contributed by atoms with van der Waals surface area (Å²) in [5, 5.41) is 2.84. The van der Waals surface area contributed by atoms with Crippen LogP contribution in [0.2, 0.25) is 0 Å². The molecule has 26 heavy (non-hydrogen) atoms. The molecule has 136 valence electrons. The van der Waals surface area contributed by atoms with Gasteiger partial charge in [-0.1, -0.05) is 24.3 Å². The number of anilines is 1. The van der Waals surface area contributed by atoms with Crippen LogP contribution >= 0.6 is 0 Å². The van der Waals surface area contributed by atoms with Crippen LogP contribution in [-0.2, 0) is 16.1 Å². The summed E-state index contributed by atoms with van der Waals surface area (Å²) in [5.41, 5.74) is 0.436. The fourth-order valence-electron chi connectivity index (χ4n) is 3.01. The number of pyridine rings is 1. The topological polar surface area (TPSA) is 71.5 Å². The van der Waals surface area contributed by atoms with Crippen molar-refractivity contribution in [3.8, 4) is 5.75 Å². The number of benzene rings is 1. The SMILES string of the molecule is Cc1ccccc1CNC(=O)[C@@]1(C)Oc2cccnc2N(C(C)C)C1=O. The van der Waals surface area contributed by atoms with Gasteiger partial charge in [0, 0.05) is 18.8 Å². The molecule has 1 N–H and O–H groups in total. The van der Waals surface area contributed by atoms with Gasteiger partial charge >= 0.3 is 0 Å². The van der Waals surface area contributed by atoms with Crippen LogP contribution in [0.4, 0.5) is 5.82 Å². The number of carbonyl (C=O) groups is 2. The molecule has 1 aromatic heterocycles. The molecule has 1 atom stereocenters. The summed E-state index contributed by atoms with van der Waals surface area (Å²) in [5.74, 6) is -0.0158. The Bertz CT molecular complexity index is 850. The van der Waals surface area contributed by atoms with Gasteiger partial charge in [0.25, 0.3) is 17.4 Å². The highest BCUT2D eigenvalue weighted by Gasteiger charge is 2.51. The number of ether oxygens (including phenoxy) is 1. The minimum atomic E-state index is -1.64. The Morgan fingerprint density at radius 1 is 1.27 bits per heavy atom. The molecule has 2 aromatic rings. The van der Waals surface area contributed by atoms with Crippen molar-refractivity contribution in [2.45, 2.75) is 45.9 Å². The van der Waals surface area contributed by atoms with E-state index in [2.05, 4.69) is 10.3 Å². The molecule has 1 aliphatic heterocycles. The van der Waals surface area contributed by atoms with Crippen LogP contribution < -0.4 is 15.0 Å². The van der Waals surface area contributed by atoms with Gasteiger partial charge in [0.05, 0.1) is 0 Å². The van der Waals surface area contributed by atoms with Crippen molar-refractivity contribution in [2.75, 3.05) is 4.90 Å². The van der Waals surface area contributed by atoms with Crippen LogP contribution in [0.3, 0.4) is 0 Å². The lowest BCUT2D eigenvalue weighted by molar-refractivity contribution is -0.148. The van der Waals surface area contributed by atoms with E-state index >= 15 is 0 Å². The first-order valence-corrected chi connectivity index (χ1v) is 8.65. The molecule has 0 fully saturated rings. The number of hydrogen-bond donors (Lipinski definition) is 1. The van der Waals surface area contributed by atoms with E-state index in [-0.39, 0.29) is 6.04 Å². The van der Waals surface area contributed by atoms with Gasteiger partial charge in [0.1, 0.15) is 0 Å². The molecule has 0 aliphatic carbocycles. The molecule has 0 unspecified atom stereocenters. The predicted octanol–water partition coefficient (Wildman–Crippen LogP) is 2.60. The minimum Gasteiger partial charge on any atom is -0.464 e. The highest BCUT2D eigenvalue weighted by Crippen LogP contribution is 2.37. The van der Waals surface area contributed by atoms with Gasteiger partial charge in [0.15, 0.2) is 11.6 Å². The second kappa shape index (κ2) is 6.78. The normalized spacial score (nSPS) is 19.1. The second-order valence-corrected chi connectivity index (χ2v) is 6.84. The van der Waals surface area contributed by atoms with E-state index in [4.69, 9.17) is 4.74 Å². The van der Waals surface area contributed by atoms with Crippen molar-refractivity contribution >= 4 is 17.6 Å². The van der Waals surface area contributed by atoms with E-state index in [1.807, 2.05) is 45.0 Å².